The van der Waals surface area contributed by atoms with Crippen molar-refractivity contribution in [3.8, 4) is 0 Å². The van der Waals surface area contributed by atoms with E-state index in [1.165, 1.54) is 0 Å². The molecule has 0 aromatic heterocycles. The van der Waals surface area contributed by atoms with Gasteiger partial charge in [0.1, 0.15) is 5.76 Å². The molecule has 1 amide bonds. The van der Waals surface area contributed by atoms with E-state index in [2.05, 4.69) is 15.9 Å². The highest BCUT2D eigenvalue weighted by Gasteiger charge is 2.45. The van der Waals surface area contributed by atoms with Crippen LogP contribution in [0.3, 0.4) is 0 Å². The van der Waals surface area contributed by atoms with Crippen LogP contribution in [0.1, 0.15) is 36.9 Å². The lowest BCUT2D eigenvalue weighted by Crippen LogP contribution is -2.30. The Morgan fingerprint density at radius 2 is 1.73 bits per heavy atom. The summed E-state index contributed by atoms with van der Waals surface area (Å²) in [5, 5.41) is 10.8. The highest BCUT2D eigenvalue weighted by molar-refractivity contribution is 9.10. The second-order valence-electron chi connectivity index (χ2n) is 6.26. The second kappa shape index (κ2) is 7.87. The molecule has 1 aliphatic heterocycles. The van der Waals surface area contributed by atoms with Crippen molar-refractivity contribution in [3.63, 3.8) is 0 Å². The average molecular weight is 414 g/mol. The van der Waals surface area contributed by atoms with Gasteiger partial charge in [-0.25, -0.2) is 0 Å². The first-order chi connectivity index (χ1) is 12.5. The third kappa shape index (κ3) is 3.44. The van der Waals surface area contributed by atoms with Crippen molar-refractivity contribution in [3.05, 3.63) is 75.8 Å². The lowest BCUT2D eigenvalue weighted by molar-refractivity contribution is -0.139. The Labute approximate surface area is 161 Å². The number of carbonyl (C=O) groups is 2. The Morgan fingerprint density at radius 3 is 2.35 bits per heavy atom. The molecule has 1 fully saturated rings. The van der Waals surface area contributed by atoms with Gasteiger partial charge >= 0.3 is 0 Å². The molecule has 1 aliphatic rings. The van der Waals surface area contributed by atoms with Crippen molar-refractivity contribution in [1.29, 1.82) is 0 Å². The van der Waals surface area contributed by atoms with Crippen LogP contribution in [-0.2, 0) is 9.59 Å². The molecule has 0 radical (unpaired) electrons. The molecule has 1 atom stereocenters. The van der Waals surface area contributed by atoms with Crippen molar-refractivity contribution >= 4 is 33.4 Å². The number of aliphatic hydroxyl groups excluding tert-OH is 1. The molecule has 0 spiro atoms. The molecule has 0 saturated carbocycles. The van der Waals surface area contributed by atoms with Crippen LogP contribution in [0.5, 0.6) is 0 Å². The van der Waals surface area contributed by atoms with E-state index in [0.717, 1.165) is 22.9 Å². The van der Waals surface area contributed by atoms with Crippen LogP contribution in [0.15, 0.2) is 64.6 Å². The second-order valence-corrected chi connectivity index (χ2v) is 7.18. The number of ketones is 1. The predicted molar refractivity (Wildman–Crippen MR) is 105 cm³/mol. The fourth-order valence-electron chi connectivity index (χ4n) is 3.18. The zero-order valence-electron chi connectivity index (χ0n) is 14.5. The molecule has 1 N–H and O–H groups in total. The number of nitrogens with zero attached hydrogens (tertiary/aromatic N) is 1. The largest absolute Gasteiger partial charge is 0.507 e. The number of Topliss-reactive ketones (excluding diaryl/α,β-unsaturated/α-hetero) is 1. The molecule has 0 aliphatic carbocycles. The van der Waals surface area contributed by atoms with Crippen LogP contribution in [0.2, 0.25) is 0 Å². The van der Waals surface area contributed by atoms with E-state index in [9.17, 15) is 14.7 Å². The van der Waals surface area contributed by atoms with E-state index < -0.39 is 17.7 Å². The molecule has 0 bridgehead atoms. The summed E-state index contributed by atoms with van der Waals surface area (Å²) in [6.07, 6.45) is 1.71. The maximum Gasteiger partial charge on any atom is 0.295 e. The Balaban J connectivity index is 2.15. The average Bonchev–Trinajstić information content (AvgIpc) is 2.91. The number of likely N-dealkylation sites (tertiary alicyclic amines) is 1. The number of unbranched alkanes of at least 4 members (excludes halogenated alkanes) is 1. The summed E-state index contributed by atoms with van der Waals surface area (Å²) < 4.78 is 0.912. The maximum absolute atomic E-state index is 12.7. The summed E-state index contributed by atoms with van der Waals surface area (Å²) in [5.74, 6) is -1.31. The third-order valence-corrected chi connectivity index (χ3v) is 5.05. The van der Waals surface area contributed by atoms with Crippen LogP contribution in [0, 0.1) is 0 Å². The van der Waals surface area contributed by atoms with E-state index in [1.807, 2.05) is 37.3 Å². The monoisotopic (exact) mass is 413 g/mol. The Morgan fingerprint density at radius 1 is 1.08 bits per heavy atom. The Bertz CT molecular complexity index is 843. The molecule has 2 aromatic carbocycles. The van der Waals surface area contributed by atoms with Gasteiger partial charge in [-0.05, 0) is 24.1 Å². The quantitative estimate of drug-likeness (QED) is 0.440. The van der Waals surface area contributed by atoms with Gasteiger partial charge in [0.15, 0.2) is 0 Å². The van der Waals surface area contributed by atoms with Gasteiger partial charge < -0.3 is 10.0 Å². The van der Waals surface area contributed by atoms with Crippen molar-refractivity contribution < 1.29 is 14.7 Å². The van der Waals surface area contributed by atoms with Gasteiger partial charge in [0.05, 0.1) is 11.6 Å². The van der Waals surface area contributed by atoms with Crippen LogP contribution >= 0.6 is 15.9 Å². The third-order valence-electron chi connectivity index (χ3n) is 4.53. The van der Waals surface area contributed by atoms with E-state index >= 15 is 0 Å². The van der Waals surface area contributed by atoms with Gasteiger partial charge in [0, 0.05) is 16.6 Å². The topological polar surface area (TPSA) is 57.6 Å². The molecule has 2 aromatic rings. The minimum absolute atomic E-state index is 0.129. The van der Waals surface area contributed by atoms with Gasteiger partial charge in [-0.2, -0.15) is 0 Å². The number of benzene rings is 2. The standard InChI is InChI=1S/C21H20BrNO3/c1-2-3-13-23-18(14-9-11-16(22)12-10-14)17(20(25)21(23)26)19(24)15-7-5-4-6-8-15/h4-12,18,24H,2-3,13H2,1H3/b19-17+/t18-/m1/s1. The first-order valence-corrected chi connectivity index (χ1v) is 9.43. The predicted octanol–water partition coefficient (Wildman–Crippen LogP) is 4.67. The molecule has 26 heavy (non-hydrogen) atoms. The molecule has 4 nitrogen and oxygen atoms in total. The number of halogens is 1. The summed E-state index contributed by atoms with van der Waals surface area (Å²) in [4.78, 5) is 26.9. The van der Waals surface area contributed by atoms with Crippen molar-refractivity contribution in [2.75, 3.05) is 6.54 Å². The van der Waals surface area contributed by atoms with Crippen LogP contribution in [0.4, 0.5) is 0 Å². The van der Waals surface area contributed by atoms with Gasteiger partial charge in [-0.1, -0.05) is 71.7 Å². The fourth-order valence-corrected chi connectivity index (χ4v) is 3.45. The van der Waals surface area contributed by atoms with E-state index in [4.69, 9.17) is 0 Å². The maximum atomic E-state index is 12.7. The number of carbonyl (C=O) groups excluding carboxylic acids is 2. The zero-order valence-corrected chi connectivity index (χ0v) is 16.1. The van der Waals surface area contributed by atoms with Crippen molar-refractivity contribution in [2.24, 2.45) is 0 Å². The fraction of sp³-hybridized carbons (Fsp3) is 0.238. The number of hydrogen-bond acceptors (Lipinski definition) is 3. The van der Waals surface area contributed by atoms with Crippen LogP contribution in [0.25, 0.3) is 5.76 Å². The zero-order chi connectivity index (χ0) is 18.7. The Hall–Kier alpha value is -2.40. The first-order valence-electron chi connectivity index (χ1n) is 8.64. The van der Waals surface area contributed by atoms with Gasteiger partial charge in [-0.15, -0.1) is 0 Å². The lowest BCUT2D eigenvalue weighted by atomic mass is 9.95. The first kappa shape index (κ1) is 18.4. The minimum Gasteiger partial charge on any atom is -0.507 e. The lowest BCUT2D eigenvalue weighted by Gasteiger charge is -2.25. The van der Waals surface area contributed by atoms with E-state index in [-0.39, 0.29) is 11.3 Å². The highest BCUT2D eigenvalue weighted by Crippen LogP contribution is 2.39. The van der Waals surface area contributed by atoms with E-state index in [0.29, 0.717) is 12.1 Å². The number of amides is 1. The molecule has 1 heterocycles. The van der Waals surface area contributed by atoms with Crippen molar-refractivity contribution in [1.82, 2.24) is 4.90 Å². The summed E-state index contributed by atoms with van der Waals surface area (Å²) in [6.45, 7) is 2.52. The van der Waals surface area contributed by atoms with E-state index in [1.54, 1.807) is 29.2 Å². The molecule has 134 valence electrons. The summed E-state index contributed by atoms with van der Waals surface area (Å²) >= 11 is 3.41. The van der Waals surface area contributed by atoms with Gasteiger partial charge in [-0.3, -0.25) is 9.59 Å². The Kier molecular flexibility index (Phi) is 5.57. The molecular weight excluding hydrogens is 394 g/mol. The molecule has 5 heteroatoms. The summed E-state index contributed by atoms with van der Waals surface area (Å²) in [6, 6.07) is 15.8. The molecule has 1 saturated heterocycles. The number of hydrogen-bond donors (Lipinski definition) is 1. The number of rotatable bonds is 5. The summed E-state index contributed by atoms with van der Waals surface area (Å²) in [5.41, 5.74) is 1.49. The van der Waals surface area contributed by atoms with Crippen LogP contribution in [-0.4, -0.2) is 28.2 Å². The summed E-state index contributed by atoms with van der Waals surface area (Å²) in [7, 11) is 0. The highest BCUT2D eigenvalue weighted by atomic mass is 79.9. The van der Waals surface area contributed by atoms with Crippen molar-refractivity contribution in [2.45, 2.75) is 25.8 Å². The van der Waals surface area contributed by atoms with Crippen LogP contribution < -0.4 is 0 Å². The SMILES string of the molecule is CCCCN1C(=O)C(=O)/C(=C(/O)c2ccccc2)[C@H]1c1ccc(Br)cc1. The molecule has 3 rings (SSSR count). The normalized spacial score (nSPS) is 19.2. The van der Waals surface area contributed by atoms with Gasteiger partial charge in [0.2, 0.25) is 0 Å². The molecule has 0 unspecified atom stereocenters. The smallest absolute Gasteiger partial charge is 0.295 e. The number of aliphatic hydroxyl groups is 1. The molecular formula is C21H20BrNO3. The minimum atomic E-state index is -0.629. The van der Waals surface area contributed by atoms with Gasteiger partial charge in [0.25, 0.3) is 11.7 Å².